The monoisotopic (exact) mass is 160 g/mol. The molecule has 0 saturated carbocycles. The molecule has 0 aliphatic heterocycles. The van der Waals surface area contributed by atoms with Gasteiger partial charge in [0.2, 0.25) is 5.91 Å². The third kappa shape index (κ3) is 3.34. The van der Waals surface area contributed by atoms with Gasteiger partial charge in [-0.15, -0.1) is 0 Å². The van der Waals surface area contributed by atoms with Gasteiger partial charge in [-0.3, -0.25) is 9.69 Å². The van der Waals surface area contributed by atoms with Crippen LogP contribution in [-0.4, -0.2) is 49.7 Å². The summed E-state index contributed by atoms with van der Waals surface area (Å²) in [6.45, 7) is 0.0380. The highest BCUT2D eigenvalue weighted by molar-refractivity contribution is 5.81. The molecule has 0 rings (SSSR count). The fourth-order valence-corrected chi connectivity index (χ4v) is 0.913. The molecule has 0 saturated heterocycles. The van der Waals surface area contributed by atoms with E-state index < -0.39 is 0 Å². The number of carbonyl (C=O) groups is 1. The number of hydrogen-bond acceptors (Lipinski definition) is 3. The molecule has 0 spiro atoms. The minimum atomic E-state index is -0.218. The lowest BCUT2D eigenvalue weighted by atomic mass is 10.2. The molecular weight excluding hydrogens is 144 g/mol. The summed E-state index contributed by atoms with van der Waals surface area (Å²) in [7, 11) is 5.22. The number of carbonyl (C=O) groups excluding carboxylic acids is 1. The maximum atomic E-state index is 11.1. The van der Waals surface area contributed by atoms with Crippen molar-refractivity contribution in [3.63, 3.8) is 0 Å². The summed E-state index contributed by atoms with van der Waals surface area (Å²) in [4.78, 5) is 12.9. The minimum absolute atomic E-state index is 0.0380. The average Bonchev–Trinajstić information content (AvgIpc) is 1.98. The molecule has 1 atom stereocenters. The van der Waals surface area contributed by atoms with Crippen molar-refractivity contribution in [1.82, 2.24) is 10.2 Å². The van der Waals surface area contributed by atoms with E-state index in [1.807, 2.05) is 14.1 Å². The molecule has 0 aromatic carbocycles. The van der Waals surface area contributed by atoms with Gasteiger partial charge in [-0.05, 0) is 20.5 Å². The summed E-state index contributed by atoms with van der Waals surface area (Å²) < 4.78 is 0. The van der Waals surface area contributed by atoms with E-state index in [2.05, 4.69) is 5.32 Å². The van der Waals surface area contributed by atoms with Gasteiger partial charge in [-0.25, -0.2) is 0 Å². The second-order valence-corrected chi connectivity index (χ2v) is 2.61. The van der Waals surface area contributed by atoms with Crippen LogP contribution in [0.3, 0.4) is 0 Å². The molecule has 4 heteroatoms. The standard InChI is InChI=1S/C7H16N2O2/c1-8-7(11)6(4-5-10)9(2)3/h6,10H,4-5H2,1-3H3,(H,8,11). The molecule has 0 radical (unpaired) electrons. The van der Waals surface area contributed by atoms with Gasteiger partial charge in [-0.1, -0.05) is 0 Å². The highest BCUT2D eigenvalue weighted by Crippen LogP contribution is 1.97. The van der Waals surface area contributed by atoms with E-state index in [9.17, 15) is 4.79 Å². The van der Waals surface area contributed by atoms with E-state index in [1.165, 1.54) is 0 Å². The van der Waals surface area contributed by atoms with Crippen LogP contribution in [-0.2, 0) is 4.79 Å². The van der Waals surface area contributed by atoms with E-state index >= 15 is 0 Å². The van der Waals surface area contributed by atoms with Crippen LogP contribution in [0.1, 0.15) is 6.42 Å². The molecule has 0 bridgehead atoms. The van der Waals surface area contributed by atoms with Crippen molar-refractivity contribution in [2.75, 3.05) is 27.7 Å². The first-order chi connectivity index (χ1) is 5.13. The fourth-order valence-electron chi connectivity index (χ4n) is 0.913. The Labute approximate surface area is 67.2 Å². The largest absolute Gasteiger partial charge is 0.396 e. The first kappa shape index (κ1) is 10.4. The maximum Gasteiger partial charge on any atom is 0.237 e. The molecule has 0 aromatic heterocycles. The number of nitrogens with zero attached hydrogens (tertiary/aromatic N) is 1. The van der Waals surface area contributed by atoms with E-state index in [4.69, 9.17) is 5.11 Å². The van der Waals surface area contributed by atoms with Gasteiger partial charge in [0, 0.05) is 13.7 Å². The quantitative estimate of drug-likeness (QED) is 0.557. The zero-order valence-corrected chi connectivity index (χ0v) is 7.29. The number of nitrogens with one attached hydrogen (secondary N) is 1. The molecule has 0 aromatic rings. The Morgan fingerprint density at radius 2 is 2.18 bits per heavy atom. The number of amides is 1. The summed E-state index contributed by atoms with van der Waals surface area (Å²) >= 11 is 0. The van der Waals surface area contributed by atoms with Crippen LogP contribution < -0.4 is 5.32 Å². The lowest BCUT2D eigenvalue weighted by Gasteiger charge is -2.21. The average molecular weight is 160 g/mol. The molecule has 0 heterocycles. The summed E-state index contributed by atoms with van der Waals surface area (Å²) in [6.07, 6.45) is 0.479. The van der Waals surface area contributed by atoms with Gasteiger partial charge in [0.15, 0.2) is 0 Å². The van der Waals surface area contributed by atoms with Crippen molar-refractivity contribution >= 4 is 5.91 Å². The van der Waals surface area contributed by atoms with Crippen LogP contribution in [0.4, 0.5) is 0 Å². The van der Waals surface area contributed by atoms with E-state index in [0.717, 1.165) is 0 Å². The Balaban J connectivity index is 3.98. The van der Waals surface area contributed by atoms with Gasteiger partial charge < -0.3 is 10.4 Å². The van der Waals surface area contributed by atoms with Crippen molar-refractivity contribution in [1.29, 1.82) is 0 Å². The SMILES string of the molecule is CNC(=O)C(CCO)N(C)C. The zero-order chi connectivity index (χ0) is 8.85. The van der Waals surface area contributed by atoms with E-state index in [-0.39, 0.29) is 18.6 Å². The zero-order valence-electron chi connectivity index (χ0n) is 7.29. The highest BCUT2D eigenvalue weighted by atomic mass is 16.3. The molecule has 4 nitrogen and oxygen atoms in total. The van der Waals surface area contributed by atoms with Crippen LogP contribution >= 0.6 is 0 Å². The third-order valence-corrected chi connectivity index (χ3v) is 1.57. The van der Waals surface area contributed by atoms with Gasteiger partial charge in [-0.2, -0.15) is 0 Å². The lowest BCUT2D eigenvalue weighted by molar-refractivity contribution is -0.125. The van der Waals surface area contributed by atoms with Crippen LogP contribution in [0.25, 0.3) is 0 Å². The molecule has 1 amide bonds. The van der Waals surface area contributed by atoms with Crippen LogP contribution in [0.5, 0.6) is 0 Å². The molecule has 11 heavy (non-hydrogen) atoms. The van der Waals surface area contributed by atoms with Gasteiger partial charge >= 0.3 is 0 Å². The molecular formula is C7H16N2O2. The first-order valence-electron chi connectivity index (χ1n) is 3.62. The summed E-state index contributed by atoms with van der Waals surface area (Å²) in [5.41, 5.74) is 0. The molecule has 1 unspecified atom stereocenters. The Bertz CT molecular complexity index is 126. The number of aliphatic hydroxyl groups is 1. The van der Waals surface area contributed by atoms with Crippen molar-refractivity contribution in [2.45, 2.75) is 12.5 Å². The molecule has 2 N–H and O–H groups in total. The molecule has 0 fully saturated rings. The predicted molar refractivity (Wildman–Crippen MR) is 43.2 cm³/mol. The first-order valence-corrected chi connectivity index (χ1v) is 3.62. The Kier molecular flexibility index (Phi) is 4.81. The predicted octanol–water partition coefficient (Wildman–Crippen LogP) is -0.955. The summed E-state index contributed by atoms with van der Waals surface area (Å²) in [5, 5.41) is 11.2. The maximum absolute atomic E-state index is 11.1. The Morgan fingerprint density at radius 3 is 2.45 bits per heavy atom. The minimum Gasteiger partial charge on any atom is -0.396 e. The highest BCUT2D eigenvalue weighted by Gasteiger charge is 2.17. The van der Waals surface area contributed by atoms with Gasteiger partial charge in [0.25, 0.3) is 0 Å². The topological polar surface area (TPSA) is 52.6 Å². The summed E-state index contributed by atoms with van der Waals surface area (Å²) in [6, 6.07) is -0.218. The Hall–Kier alpha value is -0.610. The molecule has 66 valence electrons. The number of rotatable bonds is 4. The van der Waals surface area contributed by atoms with E-state index in [0.29, 0.717) is 6.42 Å². The number of hydrogen-bond donors (Lipinski definition) is 2. The van der Waals surface area contributed by atoms with Crippen LogP contribution in [0.2, 0.25) is 0 Å². The Morgan fingerprint density at radius 1 is 1.64 bits per heavy atom. The van der Waals surface area contributed by atoms with Crippen molar-refractivity contribution in [3.8, 4) is 0 Å². The van der Waals surface area contributed by atoms with Crippen molar-refractivity contribution in [2.24, 2.45) is 0 Å². The van der Waals surface area contributed by atoms with Gasteiger partial charge in [0.1, 0.15) is 0 Å². The van der Waals surface area contributed by atoms with Gasteiger partial charge in [0.05, 0.1) is 6.04 Å². The van der Waals surface area contributed by atoms with E-state index in [1.54, 1.807) is 11.9 Å². The molecule has 0 aliphatic rings. The smallest absolute Gasteiger partial charge is 0.237 e. The van der Waals surface area contributed by atoms with Crippen LogP contribution in [0.15, 0.2) is 0 Å². The molecule has 0 aliphatic carbocycles. The number of likely N-dealkylation sites (N-methyl/N-ethyl adjacent to an activating group) is 2. The lowest BCUT2D eigenvalue weighted by Crippen LogP contribution is -2.42. The second kappa shape index (κ2) is 5.09. The fraction of sp³-hybridized carbons (Fsp3) is 0.857. The second-order valence-electron chi connectivity index (χ2n) is 2.61. The summed E-state index contributed by atoms with van der Waals surface area (Å²) in [5.74, 6) is -0.0518. The van der Waals surface area contributed by atoms with Crippen molar-refractivity contribution < 1.29 is 9.90 Å². The van der Waals surface area contributed by atoms with Crippen LogP contribution in [0, 0.1) is 0 Å². The van der Waals surface area contributed by atoms with Crippen molar-refractivity contribution in [3.05, 3.63) is 0 Å². The number of aliphatic hydroxyl groups excluding tert-OH is 1. The third-order valence-electron chi connectivity index (χ3n) is 1.57. The normalized spacial score (nSPS) is 13.2.